The number of quaternary nitrogens is 4. The van der Waals surface area contributed by atoms with Gasteiger partial charge in [-0.3, -0.25) is 19.7 Å². The number of hydrogen-bond donors (Lipinski definition) is 0. The van der Waals surface area contributed by atoms with Gasteiger partial charge in [-0.15, -0.1) is 0 Å². The number of thioether (sulfide) groups is 2. The third-order valence-electron chi connectivity index (χ3n) is 15.4. The van der Waals surface area contributed by atoms with Gasteiger partial charge in [0, 0.05) is 0 Å². The highest BCUT2D eigenvalue weighted by Crippen LogP contribution is 2.38. The molecule has 0 radical (unpaired) electrons. The van der Waals surface area contributed by atoms with E-state index in [2.05, 4.69) is 49.5 Å². The molecule has 0 bridgehead atoms. The van der Waals surface area contributed by atoms with Crippen LogP contribution in [0.15, 0.2) is 16.6 Å². The second-order valence-electron chi connectivity index (χ2n) is 18.2. The van der Waals surface area contributed by atoms with Crippen molar-refractivity contribution in [2.45, 2.75) is 24.2 Å². The summed E-state index contributed by atoms with van der Waals surface area (Å²) < 4.78 is 4.18. The summed E-state index contributed by atoms with van der Waals surface area (Å²) in [6.07, 6.45) is 6.85. The molecule has 19 nitrogen and oxygen atoms in total. The molecule has 65 heavy (non-hydrogen) atoms. The lowest BCUT2D eigenvalue weighted by Gasteiger charge is -2.54. The Hall–Kier alpha value is -3.70. The van der Waals surface area contributed by atoms with Crippen LogP contribution >= 0.6 is 46.7 Å². The van der Waals surface area contributed by atoms with Crippen LogP contribution in [0.3, 0.4) is 0 Å². The quantitative estimate of drug-likeness (QED) is 0.0582. The molecule has 4 spiro atoms. The van der Waals surface area contributed by atoms with Gasteiger partial charge in [-0.1, -0.05) is 60.6 Å². The van der Waals surface area contributed by atoms with Crippen LogP contribution in [0, 0.1) is 10.1 Å². The van der Waals surface area contributed by atoms with Gasteiger partial charge in [0.25, 0.3) is 0 Å². The van der Waals surface area contributed by atoms with Crippen LogP contribution in [0.25, 0.3) is 0 Å². The molecule has 0 saturated carbocycles. The van der Waals surface area contributed by atoms with Crippen molar-refractivity contribution in [2.75, 3.05) is 189 Å². The first-order valence-corrected chi connectivity index (χ1v) is 26.2. The molecule has 6 aliphatic heterocycles. The number of carbonyl (C=O) groups excluding carboxylic acids is 2. The summed E-state index contributed by atoms with van der Waals surface area (Å²) in [6.45, 7) is 26.4. The molecule has 0 unspecified atom stereocenters. The molecule has 352 valence electrons. The number of rotatable bonds is 9. The molecule has 6 aliphatic rings. The number of anilines is 4. The number of hydrogen-bond acceptors (Lipinski definition) is 16. The number of aldehydes is 2. The molecule has 0 atom stereocenters. The smallest absolute Gasteiger partial charge is 0.345 e. The minimum Gasteiger partial charge on any atom is -0.345 e. The van der Waals surface area contributed by atoms with E-state index >= 15 is 0 Å². The van der Waals surface area contributed by atoms with Crippen LogP contribution in [-0.4, -0.2) is 235 Å². The summed E-state index contributed by atoms with van der Waals surface area (Å²) in [6, 6.07) is 0. The van der Waals surface area contributed by atoms with E-state index in [1.807, 2.05) is 26.4 Å². The molecule has 3 aromatic heterocycles. The van der Waals surface area contributed by atoms with E-state index in [0.29, 0.717) is 70.9 Å². The first kappa shape index (κ1) is 47.8. The fraction of sp³-hybridized carbons (Fsp3) is 0.667. The van der Waals surface area contributed by atoms with E-state index in [1.165, 1.54) is 29.9 Å². The predicted molar refractivity (Wildman–Crippen MR) is 256 cm³/mol. The average Bonchev–Trinajstić information content (AvgIpc) is 3.34. The zero-order valence-electron chi connectivity index (χ0n) is 38.1. The first-order valence-electron chi connectivity index (χ1n) is 23.0. The van der Waals surface area contributed by atoms with Gasteiger partial charge in [0.2, 0.25) is 11.6 Å². The van der Waals surface area contributed by atoms with Gasteiger partial charge in [-0.05, 0) is 12.5 Å². The minimum atomic E-state index is -0.268. The molecular formula is C42H63Cl2N15O4S2+4. The van der Waals surface area contributed by atoms with Gasteiger partial charge in [0.1, 0.15) is 80.6 Å². The number of aromatic nitrogens is 6. The third kappa shape index (κ3) is 9.58. The molecule has 6 saturated heterocycles. The summed E-state index contributed by atoms with van der Waals surface area (Å²) in [7, 11) is 0. The molecule has 3 aromatic rings. The maximum atomic E-state index is 12.8. The molecule has 9 rings (SSSR count). The van der Waals surface area contributed by atoms with E-state index in [4.69, 9.17) is 23.2 Å². The Kier molecular flexibility index (Phi) is 14.6. The van der Waals surface area contributed by atoms with Crippen molar-refractivity contribution in [1.29, 1.82) is 0 Å². The number of halogens is 2. The topological polar surface area (TPSA) is 168 Å². The van der Waals surface area contributed by atoms with Crippen molar-refractivity contribution in [3.05, 3.63) is 37.9 Å². The van der Waals surface area contributed by atoms with Crippen LogP contribution in [0.2, 0.25) is 10.3 Å². The fourth-order valence-electron chi connectivity index (χ4n) is 11.0. The number of nitrogens with zero attached hydrogens (tertiary/aromatic N) is 15. The lowest BCUT2D eigenvalue weighted by Crippen LogP contribution is -2.73. The lowest BCUT2D eigenvalue weighted by molar-refractivity contribution is -1.03. The minimum absolute atomic E-state index is 0.0289. The van der Waals surface area contributed by atoms with Crippen LogP contribution in [-0.2, 0) is 0 Å². The molecule has 23 heteroatoms. The fourth-order valence-corrected chi connectivity index (χ4v) is 12.3. The Bertz CT molecular complexity index is 2060. The van der Waals surface area contributed by atoms with Crippen LogP contribution in [0.4, 0.5) is 29.0 Å². The van der Waals surface area contributed by atoms with Gasteiger partial charge in [-0.2, -0.15) is 0 Å². The predicted octanol–water partition coefficient (Wildman–Crippen LogP) is 3.34. The Balaban J connectivity index is 0.00000284. The molecule has 0 aromatic carbocycles. The zero-order valence-corrected chi connectivity index (χ0v) is 41.3. The van der Waals surface area contributed by atoms with Crippen LogP contribution in [0.5, 0.6) is 0 Å². The average molecular weight is 977 g/mol. The van der Waals surface area contributed by atoms with Crippen molar-refractivity contribution in [2.24, 2.45) is 0 Å². The standard InChI is InChI=1S/C40H57Cl2N15O4S2.C2H6/c1-62-39-45-33(41)30(27-58)35(47-39)49-3-11-54(12-4-49)19-23-56(24-20-54)15-7-51(8-16-56)37-32(53(60)61)38(44-29-43-37)52-9-17-57(18-10-52)25-21-55(22-26-57)13-5-50(6-14-55)36-31(28-59)34(42)46-40(48-36)63-2;1-2/h27-29H,3-26H2,1-2H3;1-2H3/q+4;. The van der Waals surface area contributed by atoms with Crippen molar-refractivity contribution < 1.29 is 32.4 Å². The maximum Gasteiger partial charge on any atom is 0.353 e. The van der Waals surface area contributed by atoms with Crippen molar-refractivity contribution in [3.8, 4) is 0 Å². The van der Waals surface area contributed by atoms with Crippen molar-refractivity contribution >= 4 is 88.3 Å². The summed E-state index contributed by atoms with van der Waals surface area (Å²) >= 11 is 15.6. The monoisotopic (exact) mass is 975 g/mol. The van der Waals surface area contributed by atoms with E-state index in [0.717, 1.165) is 161 Å². The SMILES string of the molecule is CC.CSc1nc(Cl)c(C=O)c(N2CC[N+]3(CC2)CC[N+]2(CCN(c4ncnc(N5CC[N+]6(CC5)CC[N+]5(CCN(c7nc(SC)nc(Cl)c7C=O)CC5)CC6)c4[N+](=O)[O-])CC2)CC3)n1. The highest BCUT2D eigenvalue weighted by atomic mass is 35.5. The molecular weight excluding hydrogens is 914 g/mol. The normalized spacial score (nSPS) is 22.2. The van der Waals surface area contributed by atoms with E-state index in [1.54, 1.807) is 0 Å². The maximum absolute atomic E-state index is 12.8. The molecule has 0 aliphatic carbocycles. The zero-order chi connectivity index (χ0) is 46.0. The van der Waals surface area contributed by atoms with Gasteiger partial charge in [-0.25, -0.2) is 29.9 Å². The van der Waals surface area contributed by atoms with Crippen molar-refractivity contribution in [1.82, 2.24) is 29.9 Å². The number of nitro groups is 1. The van der Waals surface area contributed by atoms with E-state index in [9.17, 15) is 19.7 Å². The molecule has 0 amide bonds. The van der Waals surface area contributed by atoms with Gasteiger partial charge < -0.3 is 37.5 Å². The highest BCUT2D eigenvalue weighted by molar-refractivity contribution is 7.98. The largest absolute Gasteiger partial charge is 0.353 e. The Morgan fingerprint density at radius 3 is 1.05 bits per heavy atom. The Morgan fingerprint density at radius 1 is 0.523 bits per heavy atom. The molecule has 9 heterocycles. The summed E-state index contributed by atoms with van der Waals surface area (Å²) in [4.78, 5) is 72.0. The van der Waals surface area contributed by atoms with Gasteiger partial charge in [0.15, 0.2) is 22.9 Å². The van der Waals surface area contributed by atoms with Gasteiger partial charge in [0.05, 0.1) is 121 Å². The highest BCUT2D eigenvalue weighted by Gasteiger charge is 2.49. The Morgan fingerprint density at radius 2 is 0.800 bits per heavy atom. The first-order chi connectivity index (χ1) is 31.4. The van der Waals surface area contributed by atoms with E-state index < -0.39 is 0 Å². The summed E-state index contributed by atoms with van der Waals surface area (Å²) in [5, 5.41) is 14.4. The van der Waals surface area contributed by atoms with Crippen LogP contribution in [0.1, 0.15) is 34.6 Å². The van der Waals surface area contributed by atoms with Crippen molar-refractivity contribution in [3.63, 3.8) is 0 Å². The second kappa shape index (κ2) is 19.9. The number of piperazine rings is 6. The van der Waals surface area contributed by atoms with E-state index in [-0.39, 0.29) is 20.9 Å². The number of carbonyl (C=O) groups is 2. The third-order valence-corrected chi connectivity index (χ3v) is 17.1. The Labute approximate surface area is 400 Å². The molecule has 0 N–H and O–H groups in total. The lowest BCUT2D eigenvalue weighted by atomic mass is 10.1. The second-order valence-corrected chi connectivity index (χ2v) is 20.5. The molecule has 6 fully saturated rings. The van der Waals surface area contributed by atoms with Crippen LogP contribution < -0.4 is 19.6 Å². The summed E-state index contributed by atoms with van der Waals surface area (Å²) in [5.41, 5.74) is 0.749. The summed E-state index contributed by atoms with van der Waals surface area (Å²) in [5.74, 6) is 2.15. The van der Waals surface area contributed by atoms with Gasteiger partial charge >= 0.3 is 5.69 Å².